The van der Waals surface area contributed by atoms with Gasteiger partial charge >= 0.3 is 0 Å². The molecule has 0 fully saturated rings. The molecule has 2 rings (SSSR count). The van der Waals surface area contributed by atoms with E-state index < -0.39 is 11.7 Å². The molecule has 2 aromatic rings. The van der Waals surface area contributed by atoms with Crippen LogP contribution in [0.15, 0.2) is 48.5 Å². The quantitative estimate of drug-likeness (QED) is 0.832. The summed E-state index contributed by atoms with van der Waals surface area (Å²) >= 11 is 5.91. The van der Waals surface area contributed by atoms with Crippen LogP contribution in [0, 0.1) is 5.82 Å². The molecule has 0 saturated heterocycles. The van der Waals surface area contributed by atoms with Gasteiger partial charge in [-0.1, -0.05) is 35.9 Å². The third kappa shape index (κ3) is 4.05. The van der Waals surface area contributed by atoms with Crippen molar-refractivity contribution < 1.29 is 14.0 Å². The van der Waals surface area contributed by atoms with Crippen LogP contribution in [0.2, 0.25) is 5.02 Å². The average molecular weight is 321 g/mol. The summed E-state index contributed by atoms with van der Waals surface area (Å²) in [6.45, 7) is 0.396. The van der Waals surface area contributed by atoms with E-state index in [1.54, 1.807) is 30.3 Å². The van der Waals surface area contributed by atoms with Crippen molar-refractivity contribution in [1.29, 1.82) is 0 Å². The Hall–Kier alpha value is -2.40. The highest BCUT2D eigenvalue weighted by atomic mass is 35.5. The number of rotatable bonds is 5. The molecule has 6 heteroatoms. The van der Waals surface area contributed by atoms with Gasteiger partial charge < -0.3 is 10.6 Å². The van der Waals surface area contributed by atoms with Crippen LogP contribution in [0.5, 0.6) is 0 Å². The summed E-state index contributed by atoms with van der Waals surface area (Å²) in [6, 6.07) is 12.4. The van der Waals surface area contributed by atoms with Crippen molar-refractivity contribution in [3.8, 4) is 0 Å². The highest BCUT2D eigenvalue weighted by Crippen LogP contribution is 2.14. The third-order valence-corrected chi connectivity index (χ3v) is 3.26. The van der Waals surface area contributed by atoms with Crippen LogP contribution in [0.3, 0.4) is 0 Å². The zero-order valence-corrected chi connectivity index (χ0v) is 12.4. The second-order valence-electron chi connectivity index (χ2n) is 4.47. The van der Waals surface area contributed by atoms with Crippen molar-refractivity contribution in [3.63, 3.8) is 0 Å². The molecule has 0 radical (unpaired) electrons. The second-order valence-corrected chi connectivity index (χ2v) is 4.88. The maximum absolute atomic E-state index is 13.4. The molecule has 4 nitrogen and oxygen atoms in total. The summed E-state index contributed by atoms with van der Waals surface area (Å²) in [7, 11) is 0. The van der Waals surface area contributed by atoms with Gasteiger partial charge in [0.1, 0.15) is 5.82 Å². The molecule has 0 spiro atoms. The van der Waals surface area contributed by atoms with Crippen LogP contribution >= 0.6 is 11.6 Å². The van der Waals surface area contributed by atoms with E-state index in [9.17, 15) is 14.0 Å². The average Bonchev–Trinajstić information content (AvgIpc) is 2.52. The zero-order valence-electron chi connectivity index (χ0n) is 11.6. The topological polar surface area (TPSA) is 58.2 Å². The smallest absolute Gasteiger partial charge is 0.254 e. The Bertz CT molecular complexity index is 632. The van der Waals surface area contributed by atoms with Gasteiger partial charge in [0.2, 0.25) is 0 Å². The number of carbonyl (C=O) groups is 2. The van der Waals surface area contributed by atoms with Crippen molar-refractivity contribution in [3.05, 3.63) is 70.5 Å². The number of benzene rings is 2. The summed E-state index contributed by atoms with van der Waals surface area (Å²) < 4.78 is 13.4. The van der Waals surface area contributed by atoms with Crippen LogP contribution in [0.4, 0.5) is 4.39 Å². The van der Waals surface area contributed by atoms with Crippen LogP contribution in [0.1, 0.15) is 20.7 Å². The molecular formula is C16H14ClFN2O2. The van der Waals surface area contributed by atoms with E-state index in [1.165, 1.54) is 18.2 Å². The maximum atomic E-state index is 13.4. The standard InChI is InChI=1S/C16H14ClFN2O2/c17-13-7-3-1-5-11(13)15(21)19-9-10-20-16(22)12-6-2-4-8-14(12)18/h1-8H,9-10H2,(H,19,21)(H,20,22). The fourth-order valence-corrected chi connectivity index (χ4v) is 2.05. The number of hydrogen-bond donors (Lipinski definition) is 2. The van der Waals surface area contributed by atoms with Gasteiger partial charge in [-0.05, 0) is 24.3 Å². The Morgan fingerprint density at radius 1 is 0.864 bits per heavy atom. The van der Waals surface area contributed by atoms with E-state index in [4.69, 9.17) is 11.6 Å². The largest absolute Gasteiger partial charge is 0.350 e. The molecule has 22 heavy (non-hydrogen) atoms. The maximum Gasteiger partial charge on any atom is 0.254 e. The molecule has 0 aliphatic heterocycles. The van der Waals surface area contributed by atoms with E-state index in [2.05, 4.69) is 10.6 Å². The minimum absolute atomic E-state index is 0.0278. The first-order valence-electron chi connectivity index (χ1n) is 6.65. The molecule has 0 aromatic heterocycles. The van der Waals surface area contributed by atoms with Gasteiger partial charge in [-0.2, -0.15) is 0 Å². The second kappa shape index (κ2) is 7.56. The summed E-state index contributed by atoms with van der Waals surface area (Å²) in [5.41, 5.74) is 0.338. The lowest BCUT2D eigenvalue weighted by molar-refractivity contribution is 0.0925. The molecular weight excluding hydrogens is 307 g/mol. The fraction of sp³-hybridized carbons (Fsp3) is 0.125. The number of nitrogens with one attached hydrogen (secondary N) is 2. The van der Waals surface area contributed by atoms with Gasteiger partial charge in [0.15, 0.2) is 0 Å². The Kier molecular flexibility index (Phi) is 5.49. The molecule has 2 aromatic carbocycles. The Balaban J connectivity index is 1.80. The predicted molar refractivity (Wildman–Crippen MR) is 82.5 cm³/mol. The number of amides is 2. The summed E-state index contributed by atoms with van der Waals surface area (Å²) in [6.07, 6.45) is 0. The third-order valence-electron chi connectivity index (χ3n) is 2.93. The highest BCUT2D eigenvalue weighted by Gasteiger charge is 2.11. The van der Waals surface area contributed by atoms with Crippen LogP contribution in [-0.2, 0) is 0 Å². The molecule has 2 amide bonds. The molecule has 0 bridgehead atoms. The van der Waals surface area contributed by atoms with Crippen molar-refractivity contribution in [2.24, 2.45) is 0 Å². The molecule has 0 aliphatic rings. The molecule has 0 saturated carbocycles. The van der Waals surface area contributed by atoms with Gasteiger partial charge in [0.25, 0.3) is 11.8 Å². The predicted octanol–water partition coefficient (Wildman–Crippen LogP) is 2.64. The van der Waals surface area contributed by atoms with Crippen LogP contribution in [0.25, 0.3) is 0 Å². The number of halogens is 2. The van der Waals surface area contributed by atoms with E-state index in [-0.39, 0.29) is 24.6 Å². The highest BCUT2D eigenvalue weighted by molar-refractivity contribution is 6.33. The van der Waals surface area contributed by atoms with Gasteiger partial charge in [-0.3, -0.25) is 9.59 Å². The monoisotopic (exact) mass is 320 g/mol. The zero-order chi connectivity index (χ0) is 15.9. The van der Waals surface area contributed by atoms with Crippen molar-refractivity contribution >= 4 is 23.4 Å². The normalized spacial score (nSPS) is 10.1. The minimum atomic E-state index is -0.583. The molecule has 0 aliphatic carbocycles. The van der Waals surface area contributed by atoms with Crippen LogP contribution < -0.4 is 10.6 Å². The molecule has 2 N–H and O–H groups in total. The SMILES string of the molecule is O=C(NCCNC(=O)c1ccccc1Cl)c1ccccc1F. The van der Waals surface area contributed by atoms with E-state index >= 15 is 0 Å². The lowest BCUT2D eigenvalue weighted by Gasteiger charge is -2.08. The summed E-state index contributed by atoms with van der Waals surface area (Å²) in [4.78, 5) is 23.6. The first-order valence-corrected chi connectivity index (χ1v) is 7.03. The van der Waals surface area contributed by atoms with Crippen molar-refractivity contribution in [2.75, 3.05) is 13.1 Å². The van der Waals surface area contributed by atoms with Crippen LogP contribution in [-0.4, -0.2) is 24.9 Å². The number of hydrogen-bond acceptors (Lipinski definition) is 2. The van der Waals surface area contributed by atoms with Crippen molar-refractivity contribution in [2.45, 2.75) is 0 Å². The fourth-order valence-electron chi connectivity index (χ4n) is 1.83. The lowest BCUT2D eigenvalue weighted by atomic mass is 10.2. The summed E-state index contributed by atoms with van der Waals surface area (Å²) in [5, 5.41) is 5.52. The van der Waals surface area contributed by atoms with Gasteiger partial charge in [0, 0.05) is 13.1 Å². The van der Waals surface area contributed by atoms with Gasteiger partial charge in [0.05, 0.1) is 16.1 Å². The molecule has 0 heterocycles. The molecule has 114 valence electrons. The number of carbonyl (C=O) groups excluding carboxylic acids is 2. The van der Waals surface area contributed by atoms with Gasteiger partial charge in [-0.25, -0.2) is 4.39 Å². The summed E-state index contributed by atoms with van der Waals surface area (Å²) in [5.74, 6) is -1.43. The first kappa shape index (κ1) is 16.0. The molecule has 0 atom stereocenters. The lowest BCUT2D eigenvalue weighted by Crippen LogP contribution is -2.35. The van der Waals surface area contributed by atoms with E-state index in [1.807, 2.05) is 0 Å². The van der Waals surface area contributed by atoms with E-state index in [0.717, 1.165) is 0 Å². The Labute approximate surface area is 132 Å². The van der Waals surface area contributed by atoms with Crippen molar-refractivity contribution in [1.82, 2.24) is 10.6 Å². The Morgan fingerprint density at radius 2 is 1.36 bits per heavy atom. The van der Waals surface area contributed by atoms with E-state index in [0.29, 0.717) is 10.6 Å². The Morgan fingerprint density at radius 3 is 1.95 bits per heavy atom. The van der Waals surface area contributed by atoms with Gasteiger partial charge in [-0.15, -0.1) is 0 Å². The minimum Gasteiger partial charge on any atom is -0.350 e. The first-order chi connectivity index (χ1) is 10.6. The molecule has 0 unspecified atom stereocenters.